The van der Waals surface area contributed by atoms with Gasteiger partial charge in [0, 0.05) is 13.1 Å². The summed E-state index contributed by atoms with van der Waals surface area (Å²) in [6.45, 7) is 4.12. The van der Waals surface area contributed by atoms with E-state index in [2.05, 4.69) is 5.32 Å². The van der Waals surface area contributed by atoms with Crippen molar-refractivity contribution in [1.29, 1.82) is 5.26 Å². The Morgan fingerprint density at radius 2 is 2.20 bits per heavy atom. The Labute approximate surface area is 123 Å². The van der Waals surface area contributed by atoms with Crippen molar-refractivity contribution < 1.29 is 9.53 Å². The Balaban J connectivity index is 2.08. The van der Waals surface area contributed by atoms with Crippen molar-refractivity contribution >= 4 is 23.2 Å². The molecule has 1 aliphatic rings. The Kier molecular flexibility index (Phi) is 4.83. The van der Waals surface area contributed by atoms with Gasteiger partial charge in [0.25, 0.3) is 0 Å². The van der Waals surface area contributed by atoms with Gasteiger partial charge in [0.1, 0.15) is 12.1 Å². The number of nitriles is 1. The van der Waals surface area contributed by atoms with E-state index in [4.69, 9.17) is 21.6 Å². The zero-order valence-corrected chi connectivity index (χ0v) is 12.0. The van der Waals surface area contributed by atoms with Gasteiger partial charge < -0.3 is 15.0 Å². The van der Waals surface area contributed by atoms with E-state index in [9.17, 15) is 4.79 Å². The first-order valence-electron chi connectivity index (χ1n) is 6.45. The van der Waals surface area contributed by atoms with E-state index >= 15 is 0 Å². The molecule has 1 amide bonds. The van der Waals surface area contributed by atoms with Crippen molar-refractivity contribution in [1.82, 2.24) is 4.90 Å². The normalized spacial score (nSPS) is 16.4. The third-order valence-electron chi connectivity index (χ3n) is 3.19. The highest BCUT2D eigenvalue weighted by Gasteiger charge is 2.23. The molecular weight excluding hydrogens is 278 g/mol. The standard InChI is InChI=1S/C14H16ClN3O2/c1-10(14(19)18-5-7-20-8-6-18)17-13-4-2-3-12(15)11(13)9-16/h2-4,10,17H,5-8H2,1H3. The summed E-state index contributed by atoms with van der Waals surface area (Å²) in [7, 11) is 0. The summed E-state index contributed by atoms with van der Waals surface area (Å²) in [5.74, 6) is -0.00262. The summed E-state index contributed by atoms with van der Waals surface area (Å²) in [5, 5.41) is 12.6. The predicted octanol–water partition coefficient (Wildman–Crippen LogP) is 1.87. The molecule has 1 aromatic rings. The van der Waals surface area contributed by atoms with Gasteiger partial charge in [-0.15, -0.1) is 0 Å². The van der Waals surface area contributed by atoms with Gasteiger partial charge in [-0.3, -0.25) is 4.79 Å². The Hall–Kier alpha value is -1.77. The number of nitrogens with zero attached hydrogens (tertiary/aromatic N) is 2. The first kappa shape index (κ1) is 14.6. The number of amides is 1. The van der Waals surface area contributed by atoms with E-state index < -0.39 is 6.04 Å². The molecule has 2 rings (SSSR count). The van der Waals surface area contributed by atoms with Crippen molar-refractivity contribution in [2.24, 2.45) is 0 Å². The van der Waals surface area contributed by atoms with Crippen LogP contribution in [-0.2, 0) is 9.53 Å². The molecule has 1 heterocycles. The lowest BCUT2D eigenvalue weighted by atomic mass is 10.1. The summed E-state index contributed by atoms with van der Waals surface area (Å²) < 4.78 is 5.23. The third kappa shape index (κ3) is 3.21. The van der Waals surface area contributed by atoms with Crippen molar-refractivity contribution in [3.63, 3.8) is 0 Å². The van der Waals surface area contributed by atoms with Crippen LogP contribution in [0.25, 0.3) is 0 Å². The zero-order chi connectivity index (χ0) is 14.5. The van der Waals surface area contributed by atoms with Gasteiger partial charge in [-0.05, 0) is 19.1 Å². The minimum atomic E-state index is -0.418. The maximum atomic E-state index is 12.3. The average molecular weight is 294 g/mol. The van der Waals surface area contributed by atoms with Crippen LogP contribution in [0, 0.1) is 11.3 Å². The van der Waals surface area contributed by atoms with Crippen LogP contribution in [0.4, 0.5) is 5.69 Å². The summed E-state index contributed by atoms with van der Waals surface area (Å²) in [6, 6.07) is 6.77. The number of rotatable bonds is 3. The van der Waals surface area contributed by atoms with Crippen molar-refractivity contribution in [3.05, 3.63) is 28.8 Å². The maximum Gasteiger partial charge on any atom is 0.244 e. The van der Waals surface area contributed by atoms with Crippen LogP contribution in [0.1, 0.15) is 12.5 Å². The zero-order valence-electron chi connectivity index (χ0n) is 11.2. The number of nitrogens with one attached hydrogen (secondary N) is 1. The number of ether oxygens (including phenoxy) is 1. The average Bonchev–Trinajstić information content (AvgIpc) is 2.47. The highest BCUT2D eigenvalue weighted by Crippen LogP contribution is 2.24. The highest BCUT2D eigenvalue weighted by atomic mass is 35.5. The first-order valence-corrected chi connectivity index (χ1v) is 6.83. The molecule has 0 radical (unpaired) electrons. The predicted molar refractivity (Wildman–Crippen MR) is 76.7 cm³/mol. The van der Waals surface area contributed by atoms with E-state index in [0.29, 0.717) is 42.6 Å². The molecule has 106 valence electrons. The second-order valence-electron chi connectivity index (χ2n) is 4.58. The maximum absolute atomic E-state index is 12.3. The lowest BCUT2D eigenvalue weighted by molar-refractivity contribution is -0.135. The van der Waals surface area contributed by atoms with Gasteiger partial charge in [-0.1, -0.05) is 17.7 Å². The van der Waals surface area contributed by atoms with Crippen molar-refractivity contribution in [3.8, 4) is 6.07 Å². The number of halogens is 1. The van der Waals surface area contributed by atoms with Crippen molar-refractivity contribution in [2.45, 2.75) is 13.0 Å². The largest absolute Gasteiger partial charge is 0.378 e. The molecule has 1 atom stereocenters. The molecule has 20 heavy (non-hydrogen) atoms. The Bertz CT molecular complexity index is 536. The molecule has 1 saturated heterocycles. The van der Waals surface area contributed by atoms with Crippen LogP contribution in [0.5, 0.6) is 0 Å². The smallest absolute Gasteiger partial charge is 0.244 e. The molecule has 1 unspecified atom stereocenters. The fourth-order valence-corrected chi connectivity index (χ4v) is 2.33. The lowest BCUT2D eigenvalue weighted by Gasteiger charge is -2.29. The van der Waals surface area contributed by atoms with Crippen LogP contribution in [0.15, 0.2) is 18.2 Å². The summed E-state index contributed by atoms with van der Waals surface area (Å²) in [6.07, 6.45) is 0. The molecule has 1 aromatic carbocycles. The topological polar surface area (TPSA) is 65.4 Å². The van der Waals surface area contributed by atoms with E-state index in [1.165, 1.54) is 0 Å². The van der Waals surface area contributed by atoms with E-state index in [1.807, 2.05) is 6.07 Å². The third-order valence-corrected chi connectivity index (χ3v) is 3.51. The Morgan fingerprint density at radius 1 is 1.50 bits per heavy atom. The van der Waals surface area contributed by atoms with Crippen molar-refractivity contribution in [2.75, 3.05) is 31.6 Å². The minimum absolute atomic E-state index is 0.00262. The molecule has 1 fully saturated rings. The van der Waals surface area contributed by atoms with E-state index in [-0.39, 0.29) is 5.91 Å². The number of benzene rings is 1. The van der Waals surface area contributed by atoms with Crippen LogP contribution in [-0.4, -0.2) is 43.2 Å². The minimum Gasteiger partial charge on any atom is -0.378 e. The summed E-state index contributed by atoms with van der Waals surface area (Å²) >= 11 is 5.97. The highest BCUT2D eigenvalue weighted by molar-refractivity contribution is 6.32. The van der Waals surface area contributed by atoms with Gasteiger partial charge in [0.2, 0.25) is 5.91 Å². The van der Waals surface area contributed by atoms with Crippen LogP contribution < -0.4 is 5.32 Å². The van der Waals surface area contributed by atoms with E-state index in [0.717, 1.165) is 0 Å². The number of anilines is 1. The van der Waals surface area contributed by atoms with E-state index in [1.54, 1.807) is 30.0 Å². The number of carbonyl (C=O) groups excluding carboxylic acids is 1. The van der Waals surface area contributed by atoms with Gasteiger partial charge in [0.15, 0.2) is 0 Å². The van der Waals surface area contributed by atoms with Crippen LogP contribution >= 0.6 is 11.6 Å². The quantitative estimate of drug-likeness (QED) is 0.924. The molecule has 1 N–H and O–H groups in total. The molecule has 0 aromatic heterocycles. The van der Waals surface area contributed by atoms with Crippen LogP contribution in [0.3, 0.4) is 0 Å². The van der Waals surface area contributed by atoms with Gasteiger partial charge >= 0.3 is 0 Å². The molecule has 0 spiro atoms. The SMILES string of the molecule is CC(Nc1cccc(Cl)c1C#N)C(=O)N1CCOCC1. The number of hydrogen-bond acceptors (Lipinski definition) is 4. The van der Waals surface area contributed by atoms with Gasteiger partial charge in [-0.25, -0.2) is 0 Å². The summed E-state index contributed by atoms with van der Waals surface area (Å²) in [5.41, 5.74) is 0.935. The molecule has 0 bridgehead atoms. The fourth-order valence-electron chi connectivity index (χ4n) is 2.11. The lowest BCUT2D eigenvalue weighted by Crippen LogP contribution is -2.47. The molecule has 0 aliphatic carbocycles. The molecule has 6 heteroatoms. The fraction of sp³-hybridized carbons (Fsp3) is 0.429. The molecule has 5 nitrogen and oxygen atoms in total. The number of carbonyl (C=O) groups is 1. The van der Waals surface area contributed by atoms with Crippen LogP contribution in [0.2, 0.25) is 5.02 Å². The monoisotopic (exact) mass is 293 g/mol. The number of hydrogen-bond donors (Lipinski definition) is 1. The molecule has 0 saturated carbocycles. The molecular formula is C14H16ClN3O2. The first-order chi connectivity index (χ1) is 9.63. The second kappa shape index (κ2) is 6.60. The van der Waals surface area contributed by atoms with Gasteiger partial charge in [0.05, 0.1) is 29.5 Å². The summed E-state index contributed by atoms with van der Waals surface area (Å²) in [4.78, 5) is 14.0. The Morgan fingerprint density at radius 3 is 2.85 bits per heavy atom. The second-order valence-corrected chi connectivity index (χ2v) is 4.99. The van der Waals surface area contributed by atoms with Gasteiger partial charge in [-0.2, -0.15) is 5.26 Å². The molecule has 1 aliphatic heterocycles. The number of morpholine rings is 1.